The van der Waals surface area contributed by atoms with Gasteiger partial charge in [0.05, 0.1) is 31.0 Å². The van der Waals surface area contributed by atoms with Crippen LogP contribution in [0.3, 0.4) is 0 Å². The van der Waals surface area contributed by atoms with Crippen molar-refractivity contribution in [2.24, 2.45) is 5.73 Å². The van der Waals surface area contributed by atoms with E-state index in [0.29, 0.717) is 58.2 Å². The fourth-order valence-electron chi connectivity index (χ4n) is 3.57. The number of amides is 2. The van der Waals surface area contributed by atoms with Crippen LogP contribution in [0.5, 0.6) is 0 Å². The number of benzene rings is 1. The molecule has 204 valence electrons. The molecule has 0 saturated heterocycles. The maximum Gasteiger partial charge on any atom is 0.251 e. The van der Waals surface area contributed by atoms with Gasteiger partial charge in [-0.1, -0.05) is 25.1 Å². The lowest BCUT2D eigenvalue weighted by atomic mass is 10.0. The number of thiophene rings is 1. The van der Waals surface area contributed by atoms with Crippen LogP contribution in [0.2, 0.25) is 0 Å². The van der Waals surface area contributed by atoms with Crippen molar-refractivity contribution in [2.45, 2.75) is 26.0 Å². The molecule has 6 N–H and O–H groups in total. The van der Waals surface area contributed by atoms with Gasteiger partial charge < -0.3 is 31.4 Å². The van der Waals surface area contributed by atoms with Crippen LogP contribution in [0.4, 0.5) is 15.2 Å². The number of carbonyl (C=O) groups is 2. The third-order valence-corrected chi connectivity index (χ3v) is 8.02. The lowest BCUT2D eigenvalue weighted by Gasteiger charge is -2.10. The van der Waals surface area contributed by atoms with Gasteiger partial charge in [-0.3, -0.25) is 9.59 Å². The average Bonchev–Trinajstić information content (AvgIpc) is 3.26. The van der Waals surface area contributed by atoms with Gasteiger partial charge in [0.1, 0.15) is 16.6 Å². The first-order valence-electron chi connectivity index (χ1n) is 12.1. The van der Waals surface area contributed by atoms with Crippen LogP contribution in [0.1, 0.15) is 41.1 Å². The Labute approximate surface area is 225 Å². The number of nitrogens with zero attached hydrogens (tertiary/aromatic N) is 1. The van der Waals surface area contributed by atoms with Crippen molar-refractivity contribution < 1.29 is 23.7 Å². The van der Waals surface area contributed by atoms with E-state index >= 15 is 0 Å². The number of rotatable bonds is 13. The van der Waals surface area contributed by atoms with E-state index < -0.39 is 25.0 Å². The highest BCUT2D eigenvalue weighted by Gasteiger charge is 2.19. The number of hydrogen-bond donors (Lipinski definition) is 5. The minimum absolute atomic E-state index is 0.0802. The molecular formula is C26H33FN5O4PS. The highest BCUT2D eigenvalue weighted by Crippen LogP contribution is 2.38. The summed E-state index contributed by atoms with van der Waals surface area (Å²) in [6.07, 6.45) is 0.167. The Balaban J connectivity index is 1.68. The molecule has 3 aromatic rings. The highest BCUT2D eigenvalue weighted by atomic mass is 32.1. The van der Waals surface area contributed by atoms with Crippen molar-refractivity contribution in [1.82, 2.24) is 15.6 Å². The number of nitrogens with one attached hydrogen (secondary N) is 3. The quantitative estimate of drug-likeness (QED) is 0.198. The molecule has 0 aliphatic rings. The van der Waals surface area contributed by atoms with Gasteiger partial charge in [-0.05, 0) is 49.6 Å². The molecule has 3 rings (SSSR count). The molecular weight excluding hydrogens is 528 g/mol. The number of hydrogen-bond acceptors (Lipinski definition) is 8. The number of aliphatic hydroxyl groups is 1. The van der Waals surface area contributed by atoms with Crippen molar-refractivity contribution in [3.63, 3.8) is 0 Å². The summed E-state index contributed by atoms with van der Waals surface area (Å²) in [5, 5.41) is 19.3. The van der Waals surface area contributed by atoms with Crippen LogP contribution in [0, 0.1) is 5.82 Å². The number of anilines is 2. The molecule has 0 fully saturated rings. The number of halogens is 1. The second-order valence-corrected chi connectivity index (χ2v) is 13.9. The molecule has 1 atom stereocenters. The van der Waals surface area contributed by atoms with E-state index in [-0.39, 0.29) is 18.0 Å². The van der Waals surface area contributed by atoms with E-state index in [1.165, 1.54) is 12.1 Å². The van der Waals surface area contributed by atoms with Crippen LogP contribution in [-0.4, -0.2) is 54.5 Å². The molecule has 0 aliphatic heterocycles. The van der Waals surface area contributed by atoms with Crippen molar-refractivity contribution in [3.05, 3.63) is 65.1 Å². The van der Waals surface area contributed by atoms with E-state index in [2.05, 4.69) is 20.9 Å². The predicted molar refractivity (Wildman–Crippen MR) is 150 cm³/mol. The molecule has 9 nitrogen and oxygen atoms in total. The maximum absolute atomic E-state index is 14.8. The van der Waals surface area contributed by atoms with E-state index in [9.17, 15) is 23.7 Å². The summed E-state index contributed by atoms with van der Waals surface area (Å²) in [7, 11) is -2.17. The van der Waals surface area contributed by atoms with Gasteiger partial charge in [0.15, 0.2) is 0 Å². The molecule has 0 spiro atoms. The minimum atomic E-state index is -2.17. The van der Waals surface area contributed by atoms with Gasteiger partial charge in [0.2, 0.25) is 5.91 Å². The Morgan fingerprint density at radius 1 is 1.21 bits per heavy atom. The molecule has 0 radical (unpaired) electrons. The standard InChI is InChI=1S/C26H33FN5O4PS/c1-4-21(33)16-8-9-18(20(27)12-16)22-13-19(25(28)35)26(38-22)32-23-7-5-6-17(31-23)14-29-15-24(34)30-10-11-37(2,3)36/h5-9,12-13,21,29,33H,4,10-11,14-15H2,1-3H3,(H2,28,35)(H,30,34)(H,31,32). The number of nitrogens with two attached hydrogens (primary N) is 1. The summed E-state index contributed by atoms with van der Waals surface area (Å²) in [5.41, 5.74) is 7.21. The zero-order valence-corrected chi connectivity index (χ0v) is 23.3. The fraction of sp³-hybridized carbons (Fsp3) is 0.346. The lowest BCUT2D eigenvalue weighted by Crippen LogP contribution is -2.35. The fourth-order valence-corrected chi connectivity index (χ4v) is 5.32. The SMILES string of the molecule is CCC(O)c1ccc(-c2cc(C(N)=O)c(Nc3cccc(CNCC(=O)NCCP(C)(C)=O)n3)s2)c(F)c1. The van der Waals surface area contributed by atoms with E-state index in [1.807, 2.05) is 6.92 Å². The number of aromatic nitrogens is 1. The summed E-state index contributed by atoms with van der Waals surface area (Å²) in [6, 6.07) is 11.4. The number of pyridine rings is 1. The van der Waals surface area contributed by atoms with E-state index in [0.717, 1.165) is 11.3 Å². The molecule has 0 bridgehead atoms. The Hall–Kier alpha value is -3.11. The van der Waals surface area contributed by atoms with Crippen molar-refractivity contribution in [3.8, 4) is 10.4 Å². The number of primary amides is 1. The zero-order chi connectivity index (χ0) is 27.9. The zero-order valence-electron chi connectivity index (χ0n) is 21.6. The summed E-state index contributed by atoms with van der Waals surface area (Å²) < 4.78 is 26.6. The second kappa shape index (κ2) is 13.1. The Bertz CT molecular complexity index is 1340. The molecule has 2 heterocycles. The normalized spacial score (nSPS) is 12.2. The molecule has 2 amide bonds. The van der Waals surface area contributed by atoms with Crippen LogP contribution in [-0.2, 0) is 15.9 Å². The third kappa shape index (κ3) is 8.46. The Morgan fingerprint density at radius 2 is 1.97 bits per heavy atom. The average molecular weight is 562 g/mol. The first kappa shape index (κ1) is 29.4. The van der Waals surface area contributed by atoms with Gasteiger partial charge in [0, 0.05) is 29.7 Å². The second-order valence-electron chi connectivity index (χ2n) is 9.27. The molecule has 0 saturated carbocycles. The highest BCUT2D eigenvalue weighted by molar-refractivity contribution is 7.62. The first-order valence-corrected chi connectivity index (χ1v) is 15.7. The van der Waals surface area contributed by atoms with Gasteiger partial charge in [-0.2, -0.15) is 0 Å². The summed E-state index contributed by atoms with van der Waals surface area (Å²) in [5.74, 6) is -0.921. The van der Waals surface area contributed by atoms with Gasteiger partial charge >= 0.3 is 0 Å². The summed E-state index contributed by atoms with van der Waals surface area (Å²) in [6.45, 7) is 5.94. The maximum atomic E-state index is 14.8. The summed E-state index contributed by atoms with van der Waals surface area (Å²) in [4.78, 5) is 29.1. The predicted octanol–water partition coefficient (Wildman–Crippen LogP) is 4.06. The van der Waals surface area contributed by atoms with E-state index in [4.69, 9.17) is 5.73 Å². The number of carbonyl (C=O) groups excluding carboxylic acids is 2. The minimum Gasteiger partial charge on any atom is -0.388 e. The lowest BCUT2D eigenvalue weighted by molar-refractivity contribution is -0.120. The smallest absolute Gasteiger partial charge is 0.251 e. The first-order chi connectivity index (χ1) is 18.0. The van der Waals surface area contributed by atoms with E-state index in [1.54, 1.807) is 43.7 Å². The molecule has 1 aromatic carbocycles. The topological polar surface area (TPSA) is 146 Å². The molecule has 1 unspecified atom stereocenters. The van der Waals surface area contributed by atoms with Crippen molar-refractivity contribution in [2.75, 3.05) is 37.9 Å². The largest absolute Gasteiger partial charge is 0.388 e. The third-order valence-electron chi connectivity index (χ3n) is 5.64. The monoisotopic (exact) mass is 561 g/mol. The van der Waals surface area contributed by atoms with Crippen LogP contribution >= 0.6 is 18.5 Å². The molecule has 38 heavy (non-hydrogen) atoms. The van der Waals surface area contributed by atoms with Gasteiger partial charge in [-0.15, -0.1) is 11.3 Å². The Morgan fingerprint density at radius 3 is 2.63 bits per heavy atom. The summed E-state index contributed by atoms with van der Waals surface area (Å²) >= 11 is 1.16. The molecule has 2 aromatic heterocycles. The number of aliphatic hydroxyl groups excluding tert-OH is 1. The van der Waals surface area contributed by atoms with Gasteiger partial charge in [-0.25, -0.2) is 9.37 Å². The van der Waals surface area contributed by atoms with Crippen LogP contribution in [0.15, 0.2) is 42.5 Å². The molecule has 0 aliphatic carbocycles. The molecule has 12 heteroatoms. The van der Waals surface area contributed by atoms with Gasteiger partial charge in [0.25, 0.3) is 5.91 Å². The van der Waals surface area contributed by atoms with Crippen molar-refractivity contribution >= 4 is 41.1 Å². The van der Waals surface area contributed by atoms with Crippen molar-refractivity contribution in [1.29, 1.82) is 0 Å². The Kier molecular flexibility index (Phi) is 10.2. The van der Waals surface area contributed by atoms with Crippen LogP contribution < -0.4 is 21.7 Å². The van der Waals surface area contributed by atoms with Crippen LogP contribution in [0.25, 0.3) is 10.4 Å².